The maximum absolute atomic E-state index is 12.7. The SMILES string of the molecule is CSC1CCCC1N1C(=O)C2(CC2)NC1C(C)C. The van der Waals surface area contributed by atoms with Crippen LogP contribution in [-0.2, 0) is 4.79 Å². The van der Waals surface area contributed by atoms with E-state index in [0.717, 1.165) is 12.8 Å². The zero-order valence-electron chi connectivity index (χ0n) is 11.6. The molecule has 4 heteroatoms. The van der Waals surface area contributed by atoms with E-state index in [-0.39, 0.29) is 11.7 Å². The summed E-state index contributed by atoms with van der Waals surface area (Å²) >= 11 is 1.94. The molecule has 0 aromatic carbocycles. The third kappa shape index (κ3) is 1.80. The predicted octanol–water partition coefficient (Wildman–Crippen LogP) is 2.22. The molecule has 0 aromatic heterocycles. The normalized spacial score (nSPS) is 38.1. The van der Waals surface area contributed by atoms with E-state index < -0.39 is 0 Å². The molecule has 2 aliphatic carbocycles. The van der Waals surface area contributed by atoms with Crippen molar-refractivity contribution in [3.05, 3.63) is 0 Å². The summed E-state index contributed by atoms with van der Waals surface area (Å²) < 4.78 is 0. The van der Waals surface area contributed by atoms with Crippen molar-refractivity contribution in [3.63, 3.8) is 0 Å². The average Bonchev–Trinajstić information content (AvgIpc) is 2.87. The van der Waals surface area contributed by atoms with Crippen molar-refractivity contribution in [1.29, 1.82) is 0 Å². The molecule has 1 spiro atoms. The molecule has 3 rings (SSSR count). The van der Waals surface area contributed by atoms with Crippen molar-refractivity contribution in [3.8, 4) is 0 Å². The minimum absolute atomic E-state index is 0.152. The van der Waals surface area contributed by atoms with Crippen molar-refractivity contribution < 1.29 is 4.79 Å². The first-order valence-electron chi connectivity index (χ1n) is 7.22. The van der Waals surface area contributed by atoms with Crippen LogP contribution in [0.3, 0.4) is 0 Å². The van der Waals surface area contributed by atoms with Crippen molar-refractivity contribution in [2.24, 2.45) is 5.92 Å². The van der Waals surface area contributed by atoms with Crippen LogP contribution in [0, 0.1) is 5.92 Å². The zero-order valence-corrected chi connectivity index (χ0v) is 12.4. The van der Waals surface area contributed by atoms with E-state index in [0.29, 0.717) is 23.1 Å². The summed E-state index contributed by atoms with van der Waals surface area (Å²) in [6, 6.07) is 0.465. The highest BCUT2D eigenvalue weighted by Gasteiger charge is 2.61. The summed E-state index contributed by atoms with van der Waals surface area (Å²) in [5, 5.41) is 4.27. The largest absolute Gasteiger partial charge is 0.321 e. The summed E-state index contributed by atoms with van der Waals surface area (Å²) in [6.07, 6.45) is 8.28. The van der Waals surface area contributed by atoms with Gasteiger partial charge >= 0.3 is 0 Å². The van der Waals surface area contributed by atoms with Gasteiger partial charge in [-0.15, -0.1) is 0 Å². The molecule has 1 saturated heterocycles. The Morgan fingerprint density at radius 1 is 1.39 bits per heavy atom. The second-order valence-corrected chi connectivity index (χ2v) is 7.48. The van der Waals surface area contributed by atoms with Crippen molar-refractivity contribution >= 4 is 17.7 Å². The lowest BCUT2D eigenvalue weighted by atomic mass is 10.1. The Morgan fingerprint density at radius 2 is 2.11 bits per heavy atom. The number of thioether (sulfide) groups is 1. The Morgan fingerprint density at radius 3 is 2.67 bits per heavy atom. The molecule has 1 amide bonds. The smallest absolute Gasteiger partial charge is 0.244 e. The number of rotatable bonds is 3. The molecule has 18 heavy (non-hydrogen) atoms. The number of hydrogen-bond acceptors (Lipinski definition) is 3. The number of hydrogen-bond donors (Lipinski definition) is 1. The van der Waals surface area contributed by atoms with Crippen molar-refractivity contribution in [2.75, 3.05) is 6.26 Å². The summed E-state index contributed by atoms with van der Waals surface area (Å²) in [6.45, 7) is 4.45. The average molecular weight is 268 g/mol. The van der Waals surface area contributed by atoms with E-state index in [4.69, 9.17) is 0 Å². The monoisotopic (exact) mass is 268 g/mol. The second kappa shape index (κ2) is 4.41. The lowest BCUT2D eigenvalue weighted by molar-refractivity contribution is -0.133. The molecule has 3 nitrogen and oxygen atoms in total. The minimum atomic E-state index is -0.152. The minimum Gasteiger partial charge on any atom is -0.321 e. The Labute approximate surface area is 114 Å². The Hall–Kier alpha value is -0.220. The fourth-order valence-corrected chi connectivity index (χ4v) is 4.60. The van der Waals surface area contributed by atoms with Gasteiger partial charge in [-0.2, -0.15) is 11.8 Å². The third-order valence-corrected chi connectivity index (χ3v) is 5.98. The fraction of sp³-hybridized carbons (Fsp3) is 0.929. The highest BCUT2D eigenvalue weighted by molar-refractivity contribution is 7.99. The second-order valence-electron chi connectivity index (χ2n) is 6.40. The lowest BCUT2D eigenvalue weighted by Crippen LogP contribution is -2.49. The van der Waals surface area contributed by atoms with Gasteiger partial charge in [0.05, 0.1) is 11.7 Å². The molecule has 0 bridgehead atoms. The summed E-state index contributed by atoms with van der Waals surface area (Å²) in [5.41, 5.74) is -0.152. The van der Waals surface area contributed by atoms with Gasteiger partial charge in [0.15, 0.2) is 0 Å². The topological polar surface area (TPSA) is 32.3 Å². The van der Waals surface area contributed by atoms with Gasteiger partial charge in [0.1, 0.15) is 0 Å². The van der Waals surface area contributed by atoms with Crippen molar-refractivity contribution in [1.82, 2.24) is 10.2 Å². The summed E-state index contributed by atoms with van der Waals surface area (Å²) in [7, 11) is 0. The van der Waals surface area contributed by atoms with Crippen LogP contribution < -0.4 is 5.32 Å². The molecular weight excluding hydrogens is 244 g/mol. The number of nitrogens with one attached hydrogen (secondary N) is 1. The van der Waals surface area contributed by atoms with Gasteiger partial charge in [-0.25, -0.2) is 0 Å². The third-order valence-electron chi connectivity index (χ3n) is 4.83. The number of carbonyl (C=O) groups excluding carboxylic acids is 1. The first-order valence-corrected chi connectivity index (χ1v) is 8.51. The molecule has 1 N–H and O–H groups in total. The van der Waals surface area contributed by atoms with E-state index >= 15 is 0 Å². The first kappa shape index (κ1) is 12.8. The molecule has 1 aliphatic heterocycles. The molecule has 0 radical (unpaired) electrons. The van der Waals surface area contributed by atoms with Gasteiger partial charge in [-0.1, -0.05) is 20.3 Å². The Kier molecular flexibility index (Phi) is 3.14. The van der Waals surface area contributed by atoms with E-state index in [1.165, 1.54) is 19.3 Å². The molecule has 3 atom stereocenters. The van der Waals surface area contributed by atoms with E-state index in [1.807, 2.05) is 11.8 Å². The van der Waals surface area contributed by atoms with Gasteiger partial charge in [0, 0.05) is 11.3 Å². The molecule has 3 aliphatic rings. The summed E-state index contributed by atoms with van der Waals surface area (Å²) in [5.74, 6) is 0.893. The van der Waals surface area contributed by atoms with E-state index in [2.05, 4.69) is 30.3 Å². The summed E-state index contributed by atoms with van der Waals surface area (Å²) in [4.78, 5) is 14.9. The van der Waals surface area contributed by atoms with Gasteiger partial charge < -0.3 is 4.90 Å². The standard InChI is InChI=1S/C14H24N2OS/c1-9(2)12-15-14(7-8-14)13(17)16(12)10-5-4-6-11(10)18-3/h9-12,15H,4-8H2,1-3H3. The molecule has 102 valence electrons. The highest BCUT2D eigenvalue weighted by atomic mass is 32.2. The van der Waals surface area contributed by atoms with Crippen LogP contribution in [0.1, 0.15) is 46.0 Å². The quantitative estimate of drug-likeness (QED) is 0.852. The number of amides is 1. The molecule has 0 aromatic rings. The van der Waals surface area contributed by atoms with Crippen LogP contribution >= 0.6 is 11.8 Å². The van der Waals surface area contributed by atoms with Gasteiger partial charge in [-0.05, 0) is 37.9 Å². The number of carbonyl (C=O) groups is 1. The Balaban J connectivity index is 1.85. The molecule has 1 heterocycles. The molecule has 3 fully saturated rings. The van der Waals surface area contributed by atoms with Crippen LogP contribution in [0.15, 0.2) is 0 Å². The van der Waals surface area contributed by atoms with Gasteiger partial charge in [0.25, 0.3) is 0 Å². The molecule has 3 unspecified atom stereocenters. The van der Waals surface area contributed by atoms with Gasteiger partial charge in [-0.3, -0.25) is 10.1 Å². The maximum Gasteiger partial charge on any atom is 0.244 e. The number of nitrogens with zero attached hydrogens (tertiary/aromatic N) is 1. The van der Waals surface area contributed by atoms with E-state index in [1.54, 1.807) is 0 Å². The van der Waals surface area contributed by atoms with Crippen LogP contribution in [0.2, 0.25) is 0 Å². The molecular formula is C14H24N2OS. The maximum atomic E-state index is 12.7. The lowest BCUT2D eigenvalue weighted by Gasteiger charge is -2.35. The molecule has 2 saturated carbocycles. The van der Waals surface area contributed by atoms with E-state index in [9.17, 15) is 4.79 Å². The van der Waals surface area contributed by atoms with Crippen LogP contribution in [0.5, 0.6) is 0 Å². The Bertz CT molecular complexity index is 354. The zero-order chi connectivity index (χ0) is 12.9. The van der Waals surface area contributed by atoms with Crippen LogP contribution in [-0.4, -0.2) is 40.1 Å². The van der Waals surface area contributed by atoms with Crippen molar-refractivity contribution in [2.45, 2.75) is 68.9 Å². The first-order chi connectivity index (χ1) is 8.59. The van der Waals surface area contributed by atoms with Crippen LogP contribution in [0.4, 0.5) is 0 Å². The predicted molar refractivity (Wildman–Crippen MR) is 75.5 cm³/mol. The van der Waals surface area contributed by atoms with Gasteiger partial charge in [0.2, 0.25) is 5.91 Å². The van der Waals surface area contributed by atoms with Crippen LogP contribution in [0.25, 0.3) is 0 Å². The fourth-order valence-electron chi connectivity index (χ4n) is 3.62. The highest BCUT2D eigenvalue weighted by Crippen LogP contribution is 2.46.